The lowest BCUT2D eigenvalue weighted by Crippen LogP contribution is -2.20. The van der Waals surface area contributed by atoms with Gasteiger partial charge in [-0.05, 0) is 61.5 Å². The first-order valence-electron chi connectivity index (χ1n) is 6.56. The van der Waals surface area contributed by atoms with Crippen LogP contribution in [0.25, 0.3) is 0 Å². The van der Waals surface area contributed by atoms with Crippen LogP contribution in [0.1, 0.15) is 11.1 Å². The van der Waals surface area contributed by atoms with Crippen molar-refractivity contribution in [2.24, 2.45) is 0 Å². The van der Waals surface area contributed by atoms with Gasteiger partial charge >= 0.3 is 0 Å². The molecule has 0 aliphatic heterocycles. The number of aryl methyl sites for hydroxylation is 2. The molecular formula is C15H13ClFN3O2S. The molecule has 0 atom stereocenters. The second-order valence-electron chi connectivity index (χ2n) is 4.92. The van der Waals surface area contributed by atoms with E-state index in [1.807, 2.05) is 6.92 Å². The number of nitro groups is 1. The molecule has 0 aliphatic carbocycles. The Hall–Kier alpha value is -2.25. The molecular weight excluding hydrogens is 341 g/mol. The van der Waals surface area contributed by atoms with E-state index in [4.69, 9.17) is 23.8 Å². The first-order chi connectivity index (χ1) is 10.8. The number of nitro benzene ring substituents is 1. The maximum absolute atomic E-state index is 13.1. The fraction of sp³-hybridized carbons (Fsp3) is 0.133. The summed E-state index contributed by atoms with van der Waals surface area (Å²) in [6, 6.07) is 7.17. The molecule has 0 fully saturated rings. The second kappa shape index (κ2) is 6.89. The lowest BCUT2D eigenvalue weighted by molar-refractivity contribution is -0.384. The Labute approximate surface area is 142 Å². The van der Waals surface area contributed by atoms with Gasteiger partial charge in [-0.15, -0.1) is 0 Å². The number of hydrogen-bond acceptors (Lipinski definition) is 3. The van der Waals surface area contributed by atoms with Crippen LogP contribution in [-0.2, 0) is 0 Å². The van der Waals surface area contributed by atoms with Crippen LogP contribution in [0.3, 0.4) is 0 Å². The zero-order chi connectivity index (χ0) is 17.1. The Morgan fingerprint density at radius 2 is 1.87 bits per heavy atom. The summed E-state index contributed by atoms with van der Waals surface area (Å²) in [6.45, 7) is 3.64. The number of hydrogen-bond donors (Lipinski definition) is 2. The van der Waals surface area contributed by atoms with E-state index < -0.39 is 10.7 Å². The third kappa shape index (κ3) is 4.14. The summed E-state index contributed by atoms with van der Waals surface area (Å²) in [5, 5.41) is 16.8. The van der Waals surface area contributed by atoms with Gasteiger partial charge in [-0.25, -0.2) is 4.39 Å². The van der Waals surface area contributed by atoms with Crippen LogP contribution in [0, 0.1) is 29.8 Å². The molecule has 2 rings (SSSR count). The van der Waals surface area contributed by atoms with E-state index in [0.717, 1.165) is 11.1 Å². The molecule has 0 unspecified atom stereocenters. The van der Waals surface area contributed by atoms with Crippen molar-refractivity contribution in [2.75, 3.05) is 10.6 Å². The summed E-state index contributed by atoms with van der Waals surface area (Å²) in [4.78, 5) is 10.7. The van der Waals surface area contributed by atoms with Crippen LogP contribution < -0.4 is 10.6 Å². The van der Waals surface area contributed by atoms with Gasteiger partial charge in [0.2, 0.25) is 0 Å². The molecule has 0 amide bonds. The third-order valence-electron chi connectivity index (χ3n) is 3.23. The first-order valence-corrected chi connectivity index (χ1v) is 7.35. The fourth-order valence-electron chi connectivity index (χ4n) is 1.91. The van der Waals surface area contributed by atoms with Gasteiger partial charge < -0.3 is 10.6 Å². The van der Waals surface area contributed by atoms with E-state index in [-0.39, 0.29) is 21.5 Å². The Balaban J connectivity index is 2.21. The number of rotatable bonds is 3. The molecule has 0 aromatic heterocycles. The van der Waals surface area contributed by atoms with E-state index >= 15 is 0 Å². The summed E-state index contributed by atoms with van der Waals surface area (Å²) < 4.78 is 13.1. The van der Waals surface area contributed by atoms with Crippen molar-refractivity contribution in [3.05, 3.63) is 62.4 Å². The summed E-state index contributed by atoms with van der Waals surface area (Å²) in [5.74, 6) is -0.541. The van der Waals surface area contributed by atoms with Crippen molar-refractivity contribution in [1.82, 2.24) is 0 Å². The predicted molar refractivity (Wildman–Crippen MR) is 93.8 cm³/mol. The topological polar surface area (TPSA) is 67.2 Å². The number of halogens is 2. The average molecular weight is 354 g/mol. The minimum absolute atomic E-state index is 0.0463. The molecule has 8 heteroatoms. The van der Waals surface area contributed by atoms with Crippen LogP contribution in [0.15, 0.2) is 30.3 Å². The highest BCUT2D eigenvalue weighted by molar-refractivity contribution is 7.80. The molecule has 120 valence electrons. The third-order valence-corrected chi connectivity index (χ3v) is 3.73. The van der Waals surface area contributed by atoms with Crippen molar-refractivity contribution >= 4 is 46.0 Å². The Kier molecular flexibility index (Phi) is 5.12. The smallest absolute Gasteiger partial charge is 0.293 e. The Morgan fingerprint density at radius 1 is 1.22 bits per heavy atom. The summed E-state index contributed by atoms with van der Waals surface area (Å²) in [5.41, 5.74) is 2.38. The minimum atomic E-state index is -0.541. The van der Waals surface area contributed by atoms with Gasteiger partial charge in [0, 0.05) is 11.8 Å². The van der Waals surface area contributed by atoms with Crippen molar-refractivity contribution in [3.63, 3.8) is 0 Å². The standard InChI is InChI=1S/C15H13ClFN3O2S/c1-8-5-13(14(20(21)22)6-9(8)2)19-15(23)18-10-3-4-12(17)11(16)7-10/h3-7H,1-2H3,(H2,18,19,23). The van der Waals surface area contributed by atoms with Gasteiger partial charge in [0.05, 0.1) is 9.95 Å². The number of thiocarbonyl (C=S) groups is 1. The van der Waals surface area contributed by atoms with Gasteiger partial charge in [0.15, 0.2) is 5.11 Å². The second-order valence-corrected chi connectivity index (χ2v) is 5.73. The number of nitrogens with one attached hydrogen (secondary N) is 2. The van der Waals surface area contributed by atoms with E-state index in [0.29, 0.717) is 5.69 Å². The van der Waals surface area contributed by atoms with Gasteiger partial charge in [-0.2, -0.15) is 0 Å². The zero-order valence-electron chi connectivity index (χ0n) is 12.3. The quantitative estimate of drug-likeness (QED) is 0.470. The maximum Gasteiger partial charge on any atom is 0.293 e. The van der Waals surface area contributed by atoms with Gasteiger partial charge in [-0.1, -0.05) is 11.6 Å². The van der Waals surface area contributed by atoms with Crippen LogP contribution in [0.5, 0.6) is 0 Å². The largest absolute Gasteiger partial charge is 0.332 e. The maximum atomic E-state index is 13.1. The molecule has 23 heavy (non-hydrogen) atoms. The number of benzene rings is 2. The SMILES string of the molecule is Cc1cc(NC(=S)Nc2ccc(F)c(Cl)c2)c([N+](=O)[O-])cc1C. The molecule has 5 nitrogen and oxygen atoms in total. The highest BCUT2D eigenvalue weighted by atomic mass is 35.5. The minimum Gasteiger partial charge on any atom is -0.332 e. The molecule has 0 saturated carbocycles. The van der Waals surface area contributed by atoms with Crippen molar-refractivity contribution in [2.45, 2.75) is 13.8 Å². The fourth-order valence-corrected chi connectivity index (χ4v) is 2.32. The zero-order valence-corrected chi connectivity index (χ0v) is 13.9. The lowest BCUT2D eigenvalue weighted by atomic mass is 10.1. The number of nitrogens with zero attached hydrogens (tertiary/aromatic N) is 1. The molecule has 2 aromatic rings. The average Bonchev–Trinajstić information content (AvgIpc) is 2.46. The predicted octanol–water partition coefficient (Wildman–Crippen LogP) is 4.81. The van der Waals surface area contributed by atoms with Crippen molar-refractivity contribution in [1.29, 1.82) is 0 Å². The highest BCUT2D eigenvalue weighted by Gasteiger charge is 2.16. The first kappa shape index (κ1) is 17.1. The summed E-state index contributed by atoms with van der Waals surface area (Å²) >= 11 is 10.8. The van der Waals surface area contributed by atoms with E-state index in [2.05, 4.69) is 10.6 Å². The van der Waals surface area contributed by atoms with Crippen molar-refractivity contribution < 1.29 is 9.31 Å². The number of anilines is 2. The van der Waals surface area contributed by atoms with Crippen LogP contribution >= 0.6 is 23.8 Å². The molecule has 0 bridgehead atoms. The Bertz CT molecular complexity index is 799. The highest BCUT2D eigenvalue weighted by Crippen LogP contribution is 2.28. The van der Waals surface area contributed by atoms with Crippen LogP contribution in [0.4, 0.5) is 21.5 Å². The van der Waals surface area contributed by atoms with Gasteiger partial charge in [0.1, 0.15) is 11.5 Å². The Morgan fingerprint density at radius 3 is 2.48 bits per heavy atom. The molecule has 2 N–H and O–H groups in total. The molecule has 0 saturated heterocycles. The van der Waals surface area contributed by atoms with E-state index in [1.54, 1.807) is 13.0 Å². The van der Waals surface area contributed by atoms with Crippen LogP contribution in [0.2, 0.25) is 5.02 Å². The lowest BCUT2D eigenvalue weighted by Gasteiger charge is -2.12. The molecule has 0 heterocycles. The summed E-state index contributed by atoms with van der Waals surface area (Å²) in [6.07, 6.45) is 0. The van der Waals surface area contributed by atoms with E-state index in [1.165, 1.54) is 24.3 Å². The molecule has 0 aliphatic rings. The molecule has 0 spiro atoms. The monoisotopic (exact) mass is 353 g/mol. The molecule has 0 radical (unpaired) electrons. The van der Waals surface area contributed by atoms with Crippen LogP contribution in [-0.4, -0.2) is 10.0 Å². The molecule has 2 aromatic carbocycles. The van der Waals surface area contributed by atoms with E-state index in [9.17, 15) is 14.5 Å². The van der Waals surface area contributed by atoms with Gasteiger partial charge in [0.25, 0.3) is 5.69 Å². The van der Waals surface area contributed by atoms with Crippen molar-refractivity contribution in [3.8, 4) is 0 Å². The normalized spacial score (nSPS) is 10.3. The van der Waals surface area contributed by atoms with Gasteiger partial charge in [-0.3, -0.25) is 10.1 Å². The summed E-state index contributed by atoms with van der Waals surface area (Å²) in [7, 11) is 0.